The van der Waals surface area contributed by atoms with E-state index >= 15 is 0 Å². The fraction of sp³-hybridized carbons (Fsp3) is 0.280. The monoisotopic (exact) mass is 546 g/mol. The predicted octanol–water partition coefficient (Wildman–Crippen LogP) is 3.25. The number of thioether (sulfide) groups is 1. The molecule has 0 fully saturated rings. The van der Waals surface area contributed by atoms with E-state index in [0.717, 1.165) is 21.5 Å². The number of phosphoric acid groups is 1. The van der Waals surface area contributed by atoms with Gasteiger partial charge in [0.25, 0.3) is 0 Å². The number of carbonyl (C=O) groups is 1. The van der Waals surface area contributed by atoms with E-state index in [9.17, 15) is 9.36 Å². The first-order valence-electron chi connectivity index (χ1n) is 11.6. The van der Waals surface area contributed by atoms with Crippen LogP contribution in [0.5, 0.6) is 0 Å². The van der Waals surface area contributed by atoms with Crippen LogP contribution in [0, 0.1) is 0 Å². The zero-order valence-electron chi connectivity index (χ0n) is 20.2. The fourth-order valence-corrected chi connectivity index (χ4v) is 5.62. The Hall–Kier alpha value is -2.92. The summed E-state index contributed by atoms with van der Waals surface area (Å²) in [6.07, 6.45) is 2.77. The van der Waals surface area contributed by atoms with Crippen LogP contribution in [-0.2, 0) is 20.4 Å². The Morgan fingerprint density at radius 2 is 1.95 bits per heavy atom. The van der Waals surface area contributed by atoms with E-state index in [0.29, 0.717) is 13.0 Å². The lowest BCUT2D eigenvalue weighted by molar-refractivity contribution is -0.672. The lowest BCUT2D eigenvalue weighted by atomic mass is 10.1. The number of carbonyl (C=O) groups excluding carboxylic acids is 1. The number of benzene rings is 2. The Labute approximate surface area is 218 Å². The Morgan fingerprint density at radius 1 is 1.19 bits per heavy atom. The van der Waals surface area contributed by atoms with Crippen LogP contribution < -0.4 is 14.8 Å². The molecule has 1 amide bonds. The number of aromatic nitrogens is 1. The minimum absolute atomic E-state index is 0.141. The van der Waals surface area contributed by atoms with E-state index in [4.69, 9.17) is 19.6 Å². The number of alkyl carbamates (subject to hydrolysis) is 1. The normalized spacial score (nSPS) is 15.1. The average molecular weight is 547 g/mol. The van der Waals surface area contributed by atoms with E-state index in [2.05, 4.69) is 62.8 Å². The second kappa shape index (κ2) is 12.1. The summed E-state index contributed by atoms with van der Waals surface area (Å²) in [6, 6.07) is 18.6. The topological polar surface area (TPSA) is 132 Å². The number of phosphoric ester groups is 1. The van der Waals surface area contributed by atoms with Crippen LogP contribution in [0.3, 0.4) is 0 Å². The average Bonchev–Trinajstić information content (AvgIpc) is 3.19. The maximum atomic E-state index is 11.9. The zero-order chi connectivity index (χ0) is 26.4. The third kappa shape index (κ3) is 7.10. The Kier molecular flexibility index (Phi) is 8.86. The summed E-state index contributed by atoms with van der Waals surface area (Å²) in [5, 5.41) is 13.7. The van der Waals surface area contributed by atoms with Gasteiger partial charge in [0, 0.05) is 30.5 Å². The van der Waals surface area contributed by atoms with E-state index in [1.165, 1.54) is 10.6 Å². The number of anilines is 1. The molecule has 1 aliphatic heterocycles. The molecule has 3 aromatic rings. The Morgan fingerprint density at radius 3 is 2.70 bits per heavy atom. The van der Waals surface area contributed by atoms with Gasteiger partial charge in [0.15, 0.2) is 12.7 Å². The van der Waals surface area contributed by atoms with E-state index in [-0.39, 0.29) is 13.2 Å². The van der Waals surface area contributed by atoms with Gasteiger partial charge in [0.05, 0.1) is 35.9 Å². The van der Waals surface area contributed by atoms with E-state index in [1.54, 1.807) is 11.8 Å². The first-order chi connectivity index (χ1) is 17.7. The first kappa shape index (κ1) is 27.1. The van der Waals surface area contributed by atoms with Crippen molar-refractivity contribution in [2.24, 2.45) is 0 Å². The van der Waals surface area contributed by atoms with Gasteiger partial charge in [-0.1, -0.05) is 36.0 Å². The number of amides is 1. The molecule has 0 radical (unpaired) electrons. The molecule has 37 heavy (non-hydrogen) atoms. The molecule has 2 aromatic carbocycles. The van der Waals surface area contributed by atoms with E-state index < -0.39 is 26.6 Å². The van der Waals surface area contributed by atoms with Crippen LogP contribution in [0.4, 0.5) is 10.5 Å². The molecule has 0 spiro atoms. The van der Waals surface area contributed by atoms with Crippen molar-refractivity contribution in [1.29, 1.82) is 0 Å². The highest BCUT2D eigenvalue weighted by atomic mass is 32.2. The van der Waals surface area contributed by atoms with Crippen molar-refractivity contribution in [3.8, 4) is 0 Å². The van der Waals surface area contributed by atoms with Crippen molar-refractivity contribution in [3.05, 3.63) is 71.4 Å². The van der Waals surface area contributed by atoms with Crippen molar-refractivity contribution in [2.45, 2.75) is 24.0 Å². The molecule has 10 nitrogen and oxygen atoms in total. The molecule has 1 aliphatic rings. The summed E-state index contributed by atoms with van der Waals surface area (Å²) in [6.45, 7) is -0.202. The summed E-state index contributed by atoms with van der Waals surface area (Å²) in [5.41, 5.74) is 3.37. The summed E-state index contributed by atoms with van der Waals surface area (Å²) < 4.78 is 22.5. The van der Waals surface area contributed by atoms with Gasteiger partial charge in [-0.05, 0) is 29.8 Å². The van der Waals surface area contributed by atoms with Crippen LogP contribution in [0.15, 0.2) is 70.7 Å². The van der Waals surface area contributed by atoms with Gasteiger partial charge in [-0.15, -0.1) is 0 Å². The second-order valence-electron chi connectivity index (χ2n) is 8.36. The zero-order valence-corrected chi connectivity index (χ0v) is 21.9. The summed E-state index contributed by atoms with van der Waals surface area (Å²) in [7, 11) is -2.70. The third-order valence-corrected chi connectivity index (χ3v) is 7.49. The minimum Gasteiger partial charge on any atom is -0.449 e. The van der Waals surface area contributed by atoms with Crippen LogP contribution in [0.1, 0.15) is 12.0 Å². The molecule has 4 rings (SSSR count). The lowest BCUT2D eigenvalue weighted by Gasteiger charge is -2.16. The molecule has 2 heterocycles. The molecule has 0 saturated carbocycles. The van der Waals surface area contributed by atoms with Crippen LogP contribution in [0.2, 0.25) is 0 Å². The van der Waals surface area contributed by atoms with Crippen LogP contribution in [0.25, 0.3) is 17.0 Å². The van der Waals surface area contributed by atoms with Gasteiger partial charge in [0.1, 0.15) is 6.10 Å². The molecule has 0 aliphatic carbocycles. The lowest BCUT2D eigenvalue weighted by Crippen LogP contribution is -2.37. The highest BCUT2D eigenvalue weighted by Crippen LogP contribution is 2.45. The van der Waals surface area contributed by atoms with Gasteiger partial charge in [-0.3, -0.25) is 4.52 Å². The van der Waals surface area contributed by atoms with E-state index in [1.807, 2.05) is 30.5 Å². The maximum Gasteiger partial charge on any atom is 0.469 e. The SMILES string of the molecule is CN1C(=Cc2cc[n+](CCCOC(=O)NC[C@@H](CO)OP(=O)(O)O)c3ccccc23)Sc2ccccc21. The smallest absolute Gasteiger partial charge is 0.449 e. The number of hydrogen-bond acceptors (Lipinski definition) is 7. The van der Waals surface area contributed by atoms with Crippen molar-refractivity contribution in [1.82, 2.24) is 5.32 Å². The molecule has 1 atom stereocenters. The fourth-order valence-electron chi connectivity index (χ4n) is 3.99. The molecule has 12 heteroatoms. The van der Waals surface area contributed by atoms with Gasteiger partial charge in [-0.25, -0.2) is 9.36 Å². The van der Waals surface area contributed by atoms with Gasteiger partial charge in [-0.2, -0.15) is 4.57 Å². The predicted molar refractivity (Wildman–Crippen MR) is 141 cm³/mol. The van der Waals surface area contributed by atoms with Gasteiger partial charge in [0.2, 0.25) is 5.52 Å². The maximum absolute atomic E-state index is 11.9. The number of hydrogen-bond donors (Lipinski definition) is 4. The number of nitrogens with zero attached hydrogens (tertiary/aromatic N) is 2. The number of nitrogens with one attached hydrogen (secondary N) is 1. The highest BCUT2D eigenvalue weighted by Gasteiger charge is 2.23. The molecule has 196 valence electrons. The van der Waals surface area contributed by atoms with Crippen LogP contribution >= 0.6 is 19.6 Å². The number of aliphatic hydroxyl groups is 1. The number of pyridine rings is 1. The Balaban J connectivity index is 1.35. The summed E-state index contributed by atoms with van der Waals surface area (Å²) >= 11 is 1.75. The molecule has 4 N–H and O–H groups in total. The minimum atomic E-state index is -4.77. The molecular formula is C25H29N3O7PS+. The van der Waals surface area contributed by atoms with Crippen molar-refractivity contribution in [3.63, 3.8) is 0 Å². The van der Waals surface area contributed by atoms with Crippen molar-refractivity contribution < 1.29 is 38.1 Å². The molecule has 1 aromatic heterocycles. The highest BCUT2D eigenvalue weighted by molar-refractivity contribution is 8.03. The number of aryl methyl sites for hydroxylation is 1. The summed E-state index contributed by atoms with van der Waals surface area (Å²) in [5.74, 6) is 0. The first-order valence-corrected chi connectivity index (χ1v) is 14.0. The van der Waals surface area contributed by atoms with Crippen LogP contribution in [-0.4, -0.2) is 53.9 Å². The molecule has 0 saturated heterocycles. The largest absolute Gasteiger partial charge is 0.469 e. The van der Waals surface area contributed by atoms with Crippen molar-refractivity contribution in [2.75, 3.05) is 31.7 Å². The Bertz CT molecular complexity index is 1350. The molecule has 0 bridgehead atoms. The molecule has 0 unspecified atom stereocenters. The standard InChI is InChI=1S/C25H28N3O7PS/c1-27-22-9-4-5-10-23(22)37-24(27)15-18-11-13-28(21-8-3-2-7-20(18)21)12-6-14-34-25(30)26-16-19(17-29)35-36(31,32)33/h2-5,7-11,13,15,19,29H,6,12,14,16-17H2,1H3,(H2-,26,30,31,32,33)/p+1/t19-/m0/s1. The number of para-hydroxylation sites is 2. The number of aliphatic hydroxyl groups excluding tert-OH is 1. The van der Waals surface area contributed by atoms with Crippen molar-refractivity contribution >= 4 is 48.3 Å². The van der Waals surface area contributed by atoms with Gasteiger partial charge < -0.3 is 29.8 Å². The van der Waals surface area contributed by atoms with Gasteiger partial charge >= 0.3 is 13.9 Å². The molecular weight excluding hydrogens is 517 g/mol. The number of fused-ring (bicyclic) bond motifs is 2. The second-order valence-corrected chi connectivity index (χ2v) is 10.6. The number of rotatable bonds is 10. The third-order valence-electron chi connectivity index (χ3n) is 5.75. The quantitative estimate of drug-likeness (QED) is 0.172. The number of ether oxygens (including phenoxy) is 1. The summed E-state index contributed by atoms with van der Waals surface area (Å²) in [4.78, 5) is 32.9.